The van der Waals surface area contributed by atoms with Crippen molar-refractivity contribution < 1.29 is 4.74 Å². The van der Waals surface area contributed by atoms with Crippen LogP contribution in [0.25, 0.3) is 0 Å². The van der Waals surface area contributed by atoms with E-state index in [1.54, 1.807) is 0 Å². The maximum Gasteiger partial charge on any atom is 0.0563 e. The summed E-state index contributed by atoms with van der Waals surface area (Å²) < 4.78 is 5.30. The molecule has 60 valence electrons. The quantitative estimate of drug-likeness (QED) is 0.600. The molecule has 0 N–H and O–H groups in total. The molecule has 0 heterocycles. The zero-order valence-corrected chi connectivity index (χ0v) is 6.86. The minimum absolute atomic E-state index is 0.449. The third kappa shape index (κ3) is 3.19. The van der Waals surface area contributed by atoms with Crippen LogP contribution < -0.4 is 0 Å². The van der Waals surface area contributed by atoms with Gasteiger partial charge in [-0.3, -0.25) is 0 Å². The van der Waals surface area contributed by atoms with E-state index in [9.17, 15) is 0 Å². The van der Waals surface area contributed by atoms with Crippen LogP contribution >= 0.6 is 0 Å². The van der Waals surface area contributed by atoms with Gasteiger partial charge in [0.2, 0.25) is 0 Å². The highest BCUT2D eigenvalue weighted by Gasteiger charge is 1.98. The average molecular weight is 150 g/mol. The fraction of sp³-hybridized carbons (Fsp3) is 0.400. The van der Waals surface area contributed by atoms with Crippen LogP contribution in [0.1, 0.15) is 6.92 Å². The molecule has 1 nitrogen and oxygen atoms in total. The molecule has 0 saturated carbocycles. The Morgan fingerprint density at radius 3 is 2.27 bits per heavy atom. The van der Waals surface area contributed by atoms with Crippen molar-refractivity contribution >= 4 is 0 Å². The van der Waals surface area contributed by atoms with E-state index >= 15 is 0 Å². The van der Waals surface area contributed by atoms with Crippen molar-refractivity contribution in [1.82, 2.24) is 0 Å². The summed E-state index contributed by atoms with van der Waals surface area (Å²) in [5.41, 5.74) is 0. The normalized spacial score (nSPS) is 17.2. The van der Waals surface area contributed by atoms with Crippen LogP contribution in [0, 0.1) is 5.92 Å². The molecule has 1 rings (SSSR count). The van der Waals surface area contributed by atoms with Gasteiger partial charge < -0.3 is 4.74 Å². The SMILES string of the molecule is CCOCC1C=CC=CC=C1. The number of hydrogen-bond donors (Lipinski definition) is 0. The van der Waals surface area contributed by atoms with Crippen molar-refractivity contribution in [3.05, 3.63) is 36.5 Å². The molecule has 0 amide bonds. The van der Waals surface area contributed by atoms with E-state index in [1.807, 2.05) is 19.1 Å². The van der Waals surface area contributed by atoms with Crippen LogP contribution in [0.4, 0.5) is 0 Å². The van der Waals surface area contributed by atoms with Gasteiger partial charge in [-0.25, -0.2) is 0 Å². The number of rotatable bonds is 3. The van der Waals surface area contributed by atoms with E-state index in [1.165, 1.54) is 0 Å². The molecule has 11 heavy (non-hydrogen) atoms. The topological polar surface area (TPSA) is 9.23 Å². The molecule has 0 aromatic heterocycles. The molecule has 0 radical (unpaired) electrons. The minimum atomic E-state index is 0.449. The van der Waals surface area contributed by atoms with Crippen molar-refractivity contribution in [2.45, 2.75) is 6.92 Å². The summed E-state index contributed by atoms with van der Waals surface area (Å²) in [6.07, 6.45) is 12.5. The van der Waals surface area contributed by atoms with Gasteiger partial charge in [0.25, 0.3) is 0 Å². The van der Waals surface area contributed by atoms with E-state index in [-0.39, 0.29) is 0 Å². The van der Waals surface area contributed by atoms with E-state index in [2.05, 4.69) is 24.3 Å². The Hall–Kier alpha value is -0.820. The molecule has 0 spiro atoms. The van der Waals surface area contributed by atoms with Crippen molar-refractivity contribution in [3.63, 3.8) is 0 Å². The lowest BCUT2D eigenvalue weighted by molar-refractivity contribution is 0.136. The molecule has 1 aliphatic rings. The Labute approximate surface area is 68.1 Å². The molecule has 0 bridgehead atoms. The van der Waals surface area contributed by atoms with Gasteiger partial charge in [-0.15, -0.1) is 0 Å². The van der Waals surface area contributed by atoms with Crippen molar-refractivity contribution in [1.29, 1.82) is 0 Å². The smallest absolute Gasteiger partial charge is 0.0563 e. The molecule has 0 unspecified atom stereocenters. The maximum absolute atomic E-state index is 5.30. The summed E-state index contributed by atoms with van der Waals surface area (Å²) >= 11 is 0. The average Bonchev–Trinajstić information content (AvgIpc) is 2.28. The molecular formula is C10H14O. The fourth-order valence-electron chi connectivity index (χ4n) is 0.971. The van der Waals surface area contributed by atoms with Gasteiger partial charge in [0, 0.05) is 12.5 Å². The molecule has 1 heteroatoms. The summed E-state index contributed by atoms with van der Waals surface area (Å²) in [6, 6.07) is 0. The van der Waals surface area contributed by atoms with E-state index in [0.29, 0.717) is 5.92 Å². The van der Waals surface area contributed by atoms with E-state index in [0.717, 1.165) is 13.2 Å². The summed E-state index contributed by atoms with van der Waals surface area (Å²) in [7, 11) is 0. The molecule has 0 saturated heterocycles. The fourth-order valence-corrected chi connectivity index (χ4v) is 0.971. The molecule has 0 aromatic rings. The molecule has 0 aromatic carbocycles. The van der Waals surface area contributed by atoms with Gasteiger partial charge in [-0.1, -0.05) is 36.5 Å². The van der Waals surface area contributed by atoms with Gasteiger partial charge in [-0.2, -0.15) is 0 Å². The Kier molecular flexibility index (Phi) is 3.70. The van der Waals surface area contributed by atoms with Gasteiger partial charge >= 0.3 is 0 Å². The first-order valence-electron chi connectivity index (χ1n) is 4.03. The molecule has 0 atom stereocenters. The highest BCUT2D eigenvalue weighted by Crippen LogP contribution is 2.05. The van der Waals surface area contributed by atoms with Gasteiger partial charge in [0.05, 0.1) is 6.61 Å². The first-order chi connectivity index (χ1) is 5.43. The van der Waals surface area contributed by atoms with Crippen LogP contribution in [0.5, 0.6) is 0 Å². The zero-order chi connectivity index (χ0) is 7.94. The first-order valence-corrected chi connectivity index (χ1v) is 4.03. The molecule has 1 aliphatic carbocycles. The predicted octanol–water partition coefficient (Wildman–Crippen LogP) is 2.32. The second-order valence-corrected chi connectivity index (χ2v) is 2.48. The molecule has 0 aliphatic heterocycles. The van der Waals surface area contributed by atoms with Crippen LogP contribution in [0.3, 0.4) is 0 Å². The minimum Gasteiger partial charge on any atom is -0.381 e. The van der Waals surface area contributed by atoms with Crippen molar-refractivity contribution in [2.24, 2.45) is 5.92 Å². The van der Waals surface area contributed by atoms with Gasteiger partial charge in [0.1, 0.15) is 0 Å². The summed E-state index contributed by atoms with van der Waals surface area (Å²) in [5, 5.41) is 0. The van der Waals surface area contributed by atoms with Crippen LogP contribution in [-0.2, 0) is 4.74 Å². The van der Waals surface area contributed by atoms with Crippen molar-refractivity contribution in [2.75, 3.05) is 13.2 Å². The largest absolute Gasteiger partial charge is 0.381 e. The Balaban J connectivity index is 2.34. The predicted molar refractivity (Wildman–Crippen MR) is 47.4 cm³/mol. The summed E-state index contributed by atoms with van der Waals surface area (Å²) in [4.78, 5) is 0. The third-order valence-electron chi connectivity index (χ3n) is 1.56. The van der Waals surface area contributed by atoms with E-state index in [4.69, 9.17) is 4.74 Å². The van der Waals surface area contributed by atoms with Crippen LogP contribution in [0.2, 0.25) is 0 Å². The molecule has 0 fully saturated rings. The van der Waals surface area contributed by atoms with Crippen molar-refractivity contribution in [3.8, 4) is 0 Å². The zero-order valence-electron chi connectivity index (χ0n) is 6.86. The summed E-state index contributed by atoms with van der Waals surface area (Å²) in [6.45, 7) is 3.61. The Bertz CT molecular complexity index is 161. The Morgan fingerprint density at radius 1 is 1.09 bits per heavy atom. The highest BCUT2D eigenvalue weighted by atomic mass is 16.5. The molecular weight excluding hydrogens is 136 g/mol. The lowest BCUT2D eigenvalue weighted by Gasteiger charge is -2.05. The maximum atomic E-state index is 5.30. The number of hydrogen-bond acceptors (Lipinski definition) is 1. The second kappa shape index (κ2) is 4.91. The standard InChI is InChI=1S/C10H14O/c1-2-11-9-10-7-5-3-4-6-8-10/h3-8,10H,2,9H2,1H3. The van der Waals surface area contributed by atoms with Crippen LogP contribution in [0.15, 0.2) is 36.5 Å². The third-order valence-corrected chi connectivity index (χ3v) is 1.56. The van der Waals surface area contributed by atoms with Crippen LogP contribution in [-0.4, -0.2) is 13.2 Å². The van der Waals surface area contributed by atoms with Gasteiger partial charge in [0.15, 0.2) is 0 Å². The summed E-state index contributed by atoms with van der Waals surface area (Å²) in [5.74, 6) is 0.449. The first kappa shape index (κ1) is 8.28. The monoisotopic (exact) mass is 150 g/mol. The highest BCUT2D eigenvalue weighted by molar-refractivity contribution is 5.19. The second-order valence-electron chi connectivity index (χ2n) is 2.48. The van der Waals surface area contributed by atoms with E-state index < -0.39 is 0 Å². The number of allylic oxidation sites excluding steroid dienone is 4. The Morgan fingerprint density at radius 2 is 1.73 bits per heavy atom. The lowest BCUT2D eigenvalue weighted by Crippen LogP contribution is -2.03. The number of ether oxygens (including phenoxy) is 1. The van der Waals surface area contributed by atoms with Gasteiger partial charge in [-0.05, 0) is 6.92 Å². The lowest BCUT2D eigenvalue weighted by atomic mass is 10.1.